The quantitative estimate of drug-likeness (QED) is 0.554. The van der Waals surface area contributed by atoms with Crippen molar-refractivity contribution in [2.75, 3.05) is 18.5 Å². The second-order valence-electron chi connectivity index (χ2n) is 6.59. The summed E-state index contributed by atoms with van der Waals surface area (Å²) >= 11 is 0. The van der Waals surface area contributed by atoms with Crippen molar-refractivity contribution in [2.24, 2.45) is 0 Å². The Morgan fingerprint density at radius 2 is 1.56 bits per heavy atom. The van der Waals surface area contributed by atoms with Gasteiger partial charge in [-0.15, -0.1) is 0 Å². The van der Waals surface area contributed by atoms with Crippen molar-refractivity contribution in [3.8, 4) is 5.75 Å². The van der Waals surface area contributed by atoms with Crippen LogP contribution in [0.3, 0.4) is 0 Å². The van der Waals surface area contributed by atoms with Crippen LogP contribution >= 0.6 is 0 Å². The fourth-order valence-corrected chi connectivity index (χ4v) is 4.03. The highest BCUT2D eigenvalue weighted by Crippen LogP contribution is 2.24. The minimum absolute atomic E-state index is 0.0111. The van der Waals surface area contributed by atoms with Crippen LogP contribution in [0.1, 0.15) is 20.7 Å². The Bertz CT molecular complexity index is 1250. The number of ether oxygens (including phenoxy) is 1. The van der Waals surface area contributed by atoms with Crippen molar-refractivity contribution in [3.63, 3.8) is 0 Å². The van der Waals surface area contributed by atoms with Crippen molar-refractivity contribution < 1.29 is 27.1 Å². The Labute approximate surface area is 184 Å². The lowest BCUT2D eigenvalue weighted by molar-refractivity contribution is 0.0844. The smallest absolute Gasteiger partial charge is 0.272 e. The molecule has 3 aromatic carbocycles. The SMILES string of the molecule is COc1ccc(N(C)S(=O)(=O)c2cccc(C(=O)NNC(=O)c3ccccc3F)c2)cc1. The third-order valence-corrected chi connectivity index (χ3v) is 6.38. The summed E-state index contributed by atoms with van der Waals surface area (Å²) in [5, 5.41) is 0. The zero-order valence-corrected chi connectivity index (χ0v) is 18.0. The molecule has 0 unspecified atom stereocenters. The summed E-state index contributed by atoms with van der Waals surface area (Å²) < 4.78 is 45.8. The van der Waals surface area contributed by atoms with Gasteiger partial charge in [-0.05, 0) is 54.6 Å². The van der Waals surface area contributed by atoms with E-state index in [1.54, 1.807) is 24.3 Å². The molecule has 0 bridgehead atoms. The summed E-state index contributed by atoms with van der Waals surface area (Å²) in [6, 6.07) is 17.0. The van der Waals surface area contributed by atoms with Gasteiger partial charge in [0.15, 0.2) is 0 Å². The maximum Gasteiger partial charge on any atom is 0.272 e. The molecule has 0 radical (unpaired) electrons. The largest absolute Gasteiger partial charge is 0.497 e. The van der Waals surface area contributed by atoms with Gasteiger partial charge in [-0.3, -0.25) is 24.7 Å². The summed E-state index contributed by atoms with van der Waals surface area (Å²) in [6.07, 6.45) is 0. The highest BCUT2D eigenvalue weighted by atomic mass is 32.2. The van der Waals surface area contributed by atoms with Gasteiger partial charge in [0.1, 0.15) is 11.6 Å². The van der Waals surface area contributed by atoms with Crippen LogP contribution in [-0.2, 0) is 10.0 Å². The number of hydrazine groups is 1. The second-order valence-corrected chi connectivity index (χ2v) is 8.56. The molecular weight excluding hydrogens is 437 g/mol. The molecule has 0 saturated heterocycles. The molecule has 0 saturated carbocycles. The van der Waals surface area contributed by atoms with Crippen molar-refractivity contribution in [1.82, 2.24) is 10.9 Å². The van der Waals surface area contributed by atoms with Crippen LogP contribution in [-0.4, -0.2) is 34.4 Å². The number of benzene rings is 3. The number of halogens is 1. The van der Waals surface area contributed by atoms with E-state index >= 15 is 0 Å². The van der Waals surface area contributed by atoms with Crippen LogP contribution in [0.5, 0.6) is 5.75 Å². The Kier molecular flexibility index (Phi) is 6.74. The molecule has 10 heteroatoms. The van der Waals surface area contributed by atoms with Crippen molar-refractivity contribution in [2.45, 2.75) is 4.90 Å². The normalized spacial score (nSPS) is 10.8. The Morgan fingerprint density at radius 1 is 0.906 bits per heavy atom. The number of carbonyl (C=O) groups excluding carboxylic acids is 2. The minimum Gasteiger partial charge on any atom is -0.497 e. The minimum atomic E-state index is -3.97. The molecule has 32 heavy (non-hydrogen) atoms. The molecule has 0 aliphatic carbocycles. The molecule has 0 aliphatic rings. The van der Waals surface area contributed by atoms with Gasteiger partial charge in [-0.25, -0.2) is 12.8 Å². The first-order valence-corrected chi connectivity index (χ1v) is 10.8. The van der Waals surface area contributed by atoms with Gasteiger partial charge in [0, 0.05) is 12.6 Å². The lowest BCUT2D eigenvalue weighted by Gasteiger charge is -2.20. The third-order valence-electron chi connectivity index (χ3n) is 4.60. The summed E-state index contributed by atoms with van der Waals surface area (Å²) in [6.45, 7) is 0. The van der Waals surface area contributed by atoms with E-state index in [2.05, 4.69) is 10.9 Å². The van der Waals surface area contributed by atoms with Crippen molar-refractivity contribution in [3.05, 3.63) is 89.7 Å². The van der Waals surface area contributed by atoms with Crippen LogP contribution in [0.4, 0.5) is 10.1 Å². The number of nitrogens with zero attached hydrogens (tertiary/aromatic N) is 1. The molecule has 2 amide bonds. The second kappa shape index (κ2) is 9.48. The molecule has 0 spiro atoms. The van der Waals surface area contributed by atoms with Gasteiger partial charge in [-0.1, -0.05) is 18.2 Å². The predicted octanol–water partition coefficient (Wildman–Crippen LogP) is 2.73. The Morgan fingerprint density at radius 3 is 2.22 bits per heavy atom. The van der Waals surface area contributed by atoms with E-state index < -0.39 is 27.7 Å². The molecule has 2 N–H and O–H groups in total. The third kappa shape index (κ3) is 4.86. The number of amides is 2. The fraction of sp³-hybridized carbons (Fsp3) is 0.0909. The zero-order valence-electron chi connectivity index (χ0n) is 17.2. The van der Waals surface area contributed by atoms with Gasteiger partial charge in [0.2, 0.25) is 0 Å². The number of methoxy groups -OCH3 is 1. The van der Waals surface area contributed by atoms with Crippen LogP contribution in [0, 0.1) is 5.82 Å². The summed E-state index contributed by atoms with van der Waals surface area (Å²) in [5.41, 5.74) is 4.40. The molecule has 0 aromatic heterocycles. The number of hydrogen-bond donors (Lipinski definition) is 2. The number of sulfonamides is 1. The van der Waals surface area contributed by atoms with E-state index in [0.717, 1.165) is 10.4 Å². The molecule has 0 fully saturated rings. The highest BCUT2D eigenvalue weighted by molar-refractivity contribution is 7.92. The molecule has 3 aromatic rings. The Balaban J connectivity index is 1.75. The van der Waals surface area contributed by atoms with Gasteiger partial charge >= 0.3 is 0 Å². The molecular formula is C22H20FN3O5S. The number of rotatable bonds is 6. The first-order valence-electron chi connectivity index (χ1n) is 9.32. The number of hydrogen-bond acceptors (Lipinski definition) is 5. The number of anilines is 1. The predicted molar refractivity (Wildman–Crippen MR) is 116 cm³/mol. The average molecular weight is 457 g/mol. The van der Waals surface area contributed by atoms with Crippen LogP contribution in [0.25, 0.3) is 0 Å². The topological polar surface area (TPSA) is 105 Å². The first kappa shape index (κ1) is 22.8. The summed E-state index contributed by atoms with van der Waals surface area (Å²) in [5.74, 6) is -1.78. The lowest BCUT2D eigenvalue weighted by Crippen LogP contribution is -2.42. The summed E-state index contributed by atoms with van der Waals surface area (Å²) in [7, 11) is -1.08. The standard InChI is InChI=1S/C22H20FN3O5S/c1-26(16-10-12-17(31-2)13-11-16)32(29,30)18-7-5-6-15(14-18)21(27)24-25-22(28)19-8-3-4-9-20(19)23/h3-14H,1-2H3,(H,24,27)(H,25,28). The maximum atomic E-state index is 13.7. The van der Waals surface area contributed by atoms with E-state index in [-0.39, 0.29) is 16.0 Å². The maximum absolute atomic E-state index is 13.7. The fourth-order valence-electron chi connectivity index (χ4n) is 2.79. The van der Waals surface area contributed by atoms with Crippen LogP contribution < -0.4 is 19.9 Å². The molecule has 8 nitrogen and oxygen atoms in total. The number of nitrogens with one attached hydrogen (secondary N) is 2. The molecule has 0 aliphatic heterocycles. The summed E-state index contributed by atoms with van der Waals surface area (Å²) in [4.78, 5) is 24.3. The molecule has 0 atom stereocenters. The lowest BCUT2D eigenvalue weighted by atomic mass is 10.2. The first-order chi connectivity index (χ1) is 15.2. The van der Waals surface area contributed by atoms with Crippen molar-refractivity contribution >= 4 is 27.5 Å². The van der Waals surface area contributed by atoms with Crippen LogP contribution in [0.2, 0.25) is 0 Å². The van der Waals surface area contributed by atoms with E-state index in [1.807, 2.05) is 0 Å². The van der Waals surface area contributed by atoms with Gasteiger partial charge in [0.05, 0.1) is 23.3 Å². The molecule has 3 rings (SSSR count). The van der Waals surface area contributed by atoms with E-state index in [9.17, 15) is 22.4 Å². The van der Waals surface area contributed by atoms with Crippen LogP contribution in [0.15, 0.2) is 77.7 Å². The molecule has 166 valence electrons. The monoisotopic (exact) mass is 457 g/mol. The molecule has 0 heterocycles. The Hall–Kier alpha value is -3.92. The van der Waals surface area contributed by atoms with E-state index in [4.69, 9.17) is 4.74 Å². The van der Waals surface area contributed by atoms with Gasteiger partial charge < -0.3 is 4.74 Å². The van der Waals surface area contributed by atoms with Gasteiger partial charge in [-0.2, -0.15) is 0 Å². The zero-order chi connectivity index (χ0) is 23.3. The van der Waals surface area contributed by atoms with Crippen molar-refractivity contribution in [1.29, 1.82) is 0 Å². The average Bonchev–Trinajstić information content (AvgIpc) is 2.82. The van der Waals surface area contributed by atoms with Gasteiger partial charge in [0.25, 0.3) is 21.8 Å². The highest BCUT2D eigenvalue weighted by Gasteiger charge is 2.23. The van der Waals surface area contributed by atoms with E-state index in [1.165, 1.54) is 56.6 Å². The van der Waals surface area contributed by atoms with E-state index in [0.29, 0.717) is 11.4 Å². The number of carbonyl (C=O) groups is 2.